The number of nitrogen functional groups attached to an aromatic ring is 1. The number of hydrogen-bond donors (Lipinski definition) is 1. The first kappa shape index (κ1) is 16.7. The number of nitrogens with two attached hydrogens (primary N) is 1. The van der Waals surface area contributed by atoms with Crippen LogP contribution in [0.2, 0.25) is 5.02 Å². The predicted octanol–water partition coefficient (Wildman–Crippen LogP) is 3.98. The molecule has 1 atom stereocenters. The minimum Gasteiger partial charge on any atom is -0.481 e. The quantitative estimate of drug-likeness (QED) is 0.857. The van der Waals surface area contributed by atoms with Crippen LogP contribution in [-0.4, -0.2) is 18.6 Å². The molecule has 0 saturated carbocycles. The van der Waals surface area contributed by atoms with E-state index in [9.17, 15) is 4.79 Å². The van der Waals surface area contributed by atoms with Crippen molar-refractivity contribution in [1.82, 2.24) is 0 Å². The number of carbonyl (C=O) groups excluding carboxylic acids is 1. The van der Waals surface area contributed by atoms with Crippen molar-refractivity contribution in [3.63, 3.8) is 0 Å². The summed E-state index contributed by atoms with van der Waals surface area (Å²) in [5, 5.41) is 0.652. The molecule has 0 aliphatic carbocycles. The van der Waals surface area contributed by atoms with E-state index in [0.29, 0.717) is 17.3 Å². The van der Waals surface area contributed by atoms with Crippen LogP contribution in [0.15, 0.2) is 36.4 Å². The number of fused-ring (bicyclic) bond motifs is 1. The molecule has 5 heteroatoms. The monoisotopic (exact) mass is 344 g/mol. The number of aryl methyl sites for hydroxylation is 1. The SMILES string of the molecule is Cc1cc(Cl)ccc1OC(C)C(=O)N1CCCc2c(N)cccc21. The summed E-state index contributed by atoms with van der Waals surface area (Å²) < 4.78 is 5.88. The van der Waals surface area contributed by atoms with E-state index in [4.69, 9.17) is 22.1 Å². The molecule has 0 bridgehead atoms. The first-order valence-electron chi connectivity index (χ1n) is 8.09. The molecular formula is C19H21ClN2O2. The minimum absolute atomic E-state index is 0.0594. The molecule has 0 radical (unpaired) electrons. The van der Waals surface area contributed by atoms with E-state index in [1.165, 1.54) is 0 Å². The van der Waals surface area contributed by atoms with Crippen LogP contribution < -0.4 is 15.4 Å². The minimum atomic E-state index is -0.586. The van der Waals surface area contributed by atoms with Gasteiger partial charge in [0.25, 0.3) is 5.91 Å². The van der Waals surface area contributed by atoms with Crippen LogP contribution in [0.4, 0.5) is 11.4 Å². The Morgan fingerprint density at radius 3 is 2.88 bits per heavy atom. The Balaban J connectivity index is 1.81. The van der Waals surface area contributed by atoms with E-state index in [-0.39, 0.29) is 5.91 Å². The summed E-state index contributed by atoms with van der Waals surface area (Å²) in [5.74, 6) is 0.612. The van der Waals surface area contributed by atoms with Gasteiger partial charge in [-0.05, 0) is 68.1 Å². The number of carbonyl (C=O) groups is 1. The van der Waals surface area contributed by atoms with Gasteiger partial charge < -0.3 is 15.4 Å². The van der Waals surface area contributed by atoms with Crippen LogP contribution in [0.1, 0.15) is 24.5 Å². The third-order valence-corrected chi connectivity index (χ3v) is 4.58. The lowest BCUT2D eigenvalue weighted by Crippen LogP contribution is -2.43. The summed E-state index contributed by atoms with van der Waals surface area (Å²) >= 11 is 5.97. The molecule has 3 rings (SSSR count). The molecule has 1 amide bonds. The van der Waals surface area contributed by atoms with Gasteiger partial charge in [0.15, 0.2) is 6.10 Å². The van der Waals surface area contributed by atoms with Crippen LogP contribution in [0.5, 0.6) is 5.75 Å². The molecule has 4 nitrogen and oxygen atoms in total. The molecule has 0 aromatic heterocycles. The Hall–Kier alpha value is -2.20. The van der Waals surface area contributed by atoms with Crippen molar-refractivity contribution in [1.29, 1.82) is 0 Å². The molecule has 1 heterocycles. The maximum absolute atomic E-state index is 12.9. The Morgan fingerprint density at radius 1 is 1.33 bits per heavy atom. The van der Waals surface area contributed by atoms with Gasteiger partial charge in [0.05, 0.1) is 0 Å². The standard InChI is InChI=1S/C19H21ClN2O2/c1-12-11-14(20)8-9-18(12)24-13(2)19(23)22-10-4-5-15-16(21)6-3-7-17(15)22/h3,6-9,11,13H,4-5,10,21H2,1-2H3. The van der Waals surface area contributed by atoms with Crippen molar-refractivity contribution in [2.45, 2.75) is 32.8 Å². The second kappa shape index (κ2) is 6.73. The number of rotatable bonds is 3. The zero-order valence-corrected chi connectivity index (χ0v) is 14.6. The van der Waals surface area contributed by atoms with Crippen molar-refractivity contribution >= 4 is 28.9 Å². The average Bonchev–Trinajstić information content (AvgIpc) is 2.56. The van der Waals surface area contributed by atoms with Gasteiger partial charge in [-0.3, -0.25) is 4.79 Å². The molecule has 1 unspecified atom stereocenters. The molecule has 0 fully saturated rings. The zero-order chi connectivity index (χ0) is 17.3. The first-order chi connectivity index (χ1) is 11.5. The highest BCUT2D eigenvalue weighted by atomic mass is 35.5. The third-order valence-electron chi connectivity index (χ3n) is 4.34. The van der Waals surface area contributed by atoms with Crippen LogP contribution in [0.3, 0.4) is 0 Å². The first-order valence-corrected chi connectivity index (χ1v) is 8.46. The third kappa shape index (κ3) is 3.20. The van der Waals surface area contributed by atoms with Gasteiger partial charge in [-0.1, -0.05) is 17.7 Å². The number of halogens is 1. The number of anilines is 2. The summed E-state index contributed by atoms with van der Waals surface area (Å²) in [5.41, 5.74) is 9.65. The summed E-state index contributed by atoms with van der Waals surface area (Å²) in [6, 6.07) is 11.1. The van der Waals surface area contributed by atoms with E-state index in [1.807, 2.05) is 31.2 Å². The molecule has 24 heavy (non-hydrogen) atoms. The highest BCUT2D eigenvalue weighted by Gasteiger charge is 2.28. The lowest BCUT2D eigenvalue weighted by atomic mass is 9.99. The molecule has 1 aliphatic heterocycles. The number of hydrogen-bond acceptors (Lipinski definition) is 3. The molecule has 126 valence electrons. The van der Waals surface area contributed by atoms with Crippen LogP contribution >= 0.6 is 11.6 Å². The highest BCUT2D eigenvalue weighted by molar-refractivity contribution is 6.30. The number of nitrogens with zero attached hydrogens (tertiary/aromatic N) is 1. The van der Waals surface area contributed by atoms with E-state index in [1.54, 1.807) is 24.0 Å². The second-order valence-corrected chi connectivity index (χ2v) is 6.54. The Labute approximate surface area is 147 Å². The molecule has 2 aromatic carbocycles. The van der Waals surface area contributed by atoms with Gasteiger partial charge in [0.2, 0.25) is 0 Å². The number of ether oxygens (including phenoxy) is 1. The summed E-state index contributed by atoms with van der Waals surface area (Å²) in [7, 11) is 0. The summed E-state index contributed by atoms with van der Waals surface area (Å²) in [6.07, 6.45) is 1.22. The van der Waals surface area contributed by atoms with Gasteiger partial charge in [0.1, 0.15) is 5.75 Å². The Kier molecular flexibility index (Phi) is 4.67. The summed E-state index contributed by atoms with van der Waals surface area (Å²) in [4.78, 5) is 14.7. The fourth-order valence-electron chi connectivity index (χ4n) is 3.09. The average molecular weight is 345 g/mol. The van der Waals surface area contributed by atoms with Crippen LogP contribution in [-0.2, 0) is 11.2 Å². The summed E-state index contributed by atoms with van der Waals surface area (Å²) in [6.45, 7) is 4.37. The normalized spacial score (nSPS) is 14.9. The molecule has 2 aromatic rings. The van der Waals surface area contributed by atoms with E-state index >= 15 is 0 Å². The molecule has 2 N–H and O–H groups in total. The highest BCUT2D eigenvalue weighted by Crippen LogP contribution is 2.32. The number of amides is 1. The molecule has 1 aliphatic rings. The van der Waals surface area contributed by atoms with Crippen LogP contribution in [0.25, 0.3) is 0 Å². The van der Waals surface area contributed by atoms with Gasteiger partial charge in [-0.25, -0.2) is 0 Å². The lowest BCUT2D eigenvalue weighted by Gasteiger charge is -2.32. The predicted molar refractivity (Wildman–Crippen MR) is 97.8 cm³/mol. The van der Waals surface area contributed by atoms with Crippen molar-refractivity contribution in [2.75, 3.05) is 17.2 Å². The molecule has 0 spiro atoms. The van der Waals surface area contributed by atoms with Crippen molar-refractivity contribution in [3.05, 3.63) is 52.5 Å². The molecule has 0 saturated heterocycles. The van der Waals surface area contributed by atoms with Crippen molar-refractivity contribution in [3.8, 4) is 5.75 Å². The van der Waals surface area contributed by atoms with Crippen molar-refractivity contribution < 1.29 is 9.53 Å². The maximum atomic E-state index is 12.9. The fraction of sp³-hybridized carbons (Fsp3) is 0.316. The number of benzene rings is 2. The van der Waals surface area contributed by atoms with E-state index < -0.39 is 6.10 Å². The van der Waals surface area contributed by atoms with Gasteiger partial charge in [-0.2, -0.15) is 0 Å². The topological polar surface area (TPSA) is 55.6 Å². The van der Waals surface area contributed by atoms with E-state index in [2.05, 4.69) is 0 Å². The van der Waals surface area contributed by atoms with Crippen LogP contribution in [0, 0.1) is 6.92 Å². The van der Waals surface area contributed by atoms with Gasteiger partial charge in [0, 0.05) is 22.9 Å². The van der Waals surface area contributed by atoms with Crippen molar-refractivity contribution in [2.24, 2.45) is 0 Å². The van der Waals surface area contributed by atoms with Gasteiger partial charge in [-0.15, -0.1) is 0 Å². The maximum Gasteiger partial charge on any atom is 0.267 e. The Morgan fingerprint density at radius 2 is 2.12 bits per heavy atom. The zero-order valence-electron chi connectivity index (χ0n) is 13.9. The lowest BCUT2D eigenvalue weighted by molar-refractivity contribution is -0.124. The fourth-order valence-corrected chi connectivity index (χ4v) is 3.31. The second-order valence-electron chi connectivity index (χ2n) is 6.11. The van der Waals surface area contributed by atoms with E-state index in [0.717, 1.165) is 35.3 Å². The molecular weight excluding hydrogens is 324 g/mol. The smallest absolute Gasteiger partial charge is 0.267 e. The van der Waals surface area contributed by atoms with Gasteiger partial charge >= 0.3 is 0 Å². The largest absolute Gasteiger partial charge is 0.481 e. The Bertz CT molecular complexity index is 776.